The van der Waals surface area contributed by atoms with Gasteiger partial charge in [-0.05, 0) is 62.2 Å². The molecule has 0 amide bonds. The Kier molecular flexibility index (Phi) is 3.66. The number of ketones is 2. The number of rotatable bonds is 1. The molecule has 0 spiro atoms. The monoisotopic (exact) mass is 404 g/mol. The highest BCUT2D eigenvalue weighted by Gasteiger charge is 2.67. The molecule has 2 saturated carbocycles. The molecule has 0 aromatic carbocycles. The van der Waals surface area contributed by atoms with Crippen LogP contribution in [0.5, 0.6) is 0 Å². The Hall–Kier alpha value is -1.00. The van der Waals surface area contributed by atoms with E-state index in [0.29, 0.717) is 12.3 Å². The first kappa shape index (κ1) is 17.4. The van der Waals surface area contributed by atoms with Crippen molar-refractivity contribution in [2.24, 2.45) is 22.7 Å². The molecule has 0 saturated heterocycles. The summed E-state index contributed by atoms with van der Waals surface area (Å²) in [4.78, 5) is 24.0. The van der Waals surface area contributed by atoms with Crippen molar-refractivity contribution in [3.05, 3.63) is 35.5 Å². The zero-order valence-corrected chi connectivity index (χ0v) is 16.6. The summed E-state index contributed by atoms with van der Waals surface area (Å²) in [5.74, 6) is 0.775. The van der Waals surface area contributed by atoms with Crippen LogP contribution in [0.1, 0.15) is 46.5 Å². The summed E-state index contributed by atoms with van der Waals surface area (Å²) in [6, 6.07) is 0. The third-order valence-electron chi connectivity index (χ3n) is 7.60. The fraction of sp³-hybridized carbons (Fsp3) is 0.619. The SMILES string of the molecule is CC(=O)C1=CC[C@H]2[C@@H]3CCC4=CC(=O)C=C[C@]4(C)[C@@]3(Br)[C@@H](O)C[C@]12C. The smallest absolute Gasteiger partial charge is 0.178 e. The minimum Gasteiger partial charge on any atom is -0.392 e. The van der Waals surface area contributed by atoms with Crippen LogP contribution >= 0.6 is 15.9 Å². The number of halogens is 1. The number of aliphatic hydroxyl groups is 1. The van der Waals surface area contributed by atoms with Crippen LogP contribution in [0.3, 0.4) is 0 Å². The van der Waals surface area contributed by atoms with Crippen molar-refractivity contribution in [3.8, 4) is 0 Å². The van der Waals surface area contributed by atoms with Crippen molar-refractivity contribution >= 4 is 27.5 Å². The van der Waals surface area contributed by atoms with Gasteiger partial charge in [0.15, 0.2) is 11.6 Å². The van der Waals surface area contributed by atoms with Crippen molar-refractivity contribution in [2.45, 2.75) is 56.9 Å². The van der Waals surface area contributed by atoms with Gasteiger partial charge < -0.3 is 5.11 Å². The Morgan fingerprint density at radius 2 is 2.04 bits per heavy atom. The molecule has 4 heteroatoms. The van der Waals surface area contributed by atoms with Crippen LogP contribution in [-0.4, -0.2) is 27.1 Å². The number of aliphatic hydroxyl groups excluding tert-OH is 1. The largest absolute Gasteiger partial charge is 0.392 e. The molecule has 0 aromatic rings. The van der Waals surface area contributed by atoms with Crippen molar-refractivity contribution in [2.75, 3.05) is 0 Å². The van der Waals surface area contributed by atoms with E-state index in [9.17, 15) is 14.7 Å². The van der Waals surface area contributed by atoms with Gasteiger partial charge in [-0.3, -0.25) is 9.59 Å². The molecule has 0 aromatic heterocycles. The third kappa shape index (κ3) is 2.01. The molecule has 4 rings (SSSR count). The minimum absolute atomic E-state index is 0.0403. The maximum atomic E-state index is 12.2. The molecule has 0 radical (unpaired) electrons. The second kappa shape index (κ2) is 5.26. The van der Waals surface area contributed by atoms with E-state index in [4.69, 9.17) is 0 Å². The van der Waals surface area contributed by atoms with E-state index in [0.717, 1.165) is 30.4 Å². The lowest BCUT2D eigenvalue weighted by Crippen LogP contribution is -2.65. The van der Waals surface area contributed by atoms with Gasteiger partial charge in [0, 0.05) is 10.8 Å². The summed E-state index contributed by atoms with van der Waals surface area (Å²) in [5.41, 5.74) is 1.39. The molecule has 1 N–H and O–H groups in total. The van der Waals surface area contributed by atoms with E-state index >= 15 is 0 Å². The minimum atomic E-state index is -0.578. The number of hydrogen-bond donors (Lipinski definition) is 1. The van der Waals surface area contributed by atoms with Crippen molar-refractivity contribution in [1.29, 1.82) is 0 Å². The molecule has 0 heterocycles. The van der Waals surface area contributed by atoms with Crippen molar-refractivity contribution < 1.29 is 14.7 Å². The second-order valence-electron chi connectivity index (χ2n) is 8.67. The summed E-state index contributed by atoms with van der Waals surface area (Å²) in [6.07, 6.45) is 10.2. The Labute approximate surface area is 157 Å². The Balaban J connectivity index is 1.81. The van der Waals surface area contributed by atoms with E-state index in [1.54, 1.807) is 19.1 Å². The molecule has 6 atom stereocenters. The highest BCUT2D eigenvalue weighted by Crippen LogP contribution is 2.69. The van der Waals surface area contributed by atoms with E-state index < -0.39 is 10.4 Å². The van der Waals surface area contributed by atoms with Gasteiger partial charge >= 0.3 is 0 Å². The first-order valence-electron chi connectivity index (χ1n) is 9.17. The number of carbonyl (C=O) groups excluding carboxylic acids is 2. The zero-order valence-electron chi connectivity index (χ0n) is 15.0. The standard InChI is InChI=1S/C21H25BrO3/c1-12(23)15-6-7-16-17-5-4-13-10-14(24)8-9-20(13,3)21(17,22)18(25)11-19(15,16)2/h6,8-10,16-18,25H,4-5,7,11H2,1-3H3/t16-,17-,18-,19+,20-,21-/m0/s1. The van der Waals surface area contributed by atoms with Crippen molar-refractivity contribution in [3.63, 3.8) is 0 Å². The highest BCUT2D eigenvalue weighted by molar-refractivity contribution is 9.10. The van der Waals surface area contributed by atoms with E-state index in [1.807, 2.05) is 6.08 Å². The van der Waals surface area contributed by atoms with Crippen LogP contribution in [0.2, 0.25) is 0 Å². The number of allylic oxidation sites excluding steroid dienone is 6. The summed E-state index contributed by atoms with van der Waals surface area (Å²) in [7, 11) is 0. The highest BCUT2D eigenvalue weighted by atomic mass is 79.9. The van der Waals surface area contributed by atoms with Crippen LogP contribution in [0.25, 0.3) is 0 Å². The van der Waals surface area contributed by atoms with E-state index in [2.05, 4.69) is 35.9 Å². The molecule has 25 heavy (non-hydrogen) atoms. The van der Waals surface area contributed by atoms with Gasteiger partial charge in [0.1, 0.15) is 0 Å². The topological polar surface area (TPSA) is 54.4 Å². The lowest BCUT2D eigenvalue weighted by atomic mass is 9.46. The van der Waals surface area contributed by atoms with Gasteiger partial charge in [-0.2, -0.15) is 0 Å². The number of Topliss-reactive ketones (excluding diaryl/α,β-unsaturated/α-hetero) is 1. The summed E-state index contributed by atoms with van der Waals surface area (Å²) < 4.78 is -0.495. The van der Waals surface area contributed by atoms with Gasteiger partial charge in [-0.1, -0.05) is 47.5 Å². The summed E-state index contributed by atoms with van der Waals surface area (Å²) >= 11 is 4.01. The summed E-state index contributed by atoms with van der Waals surface area (Å²) in [6.45, 7) is 5.94. The van der Waals surface area contributed by atoms with Crippen LogP contribution in [0.15, 0.2) is 35.5 Å². The molecule has 0 aliphatic heterocycles. The number of carbonyl (C=O) groups is 2. The Bertz CT molecular complexity index is 763. The van der Waals surface area contributed by atoms with Crippen LogP contribution in [0.4, 0.5) is 0 Å². The molecule has 2 fully saturated rings. The van der Waals surface area contributed by atoms with Crippen LogP contribution in [-0.2, 0) is 9.59 Å². The Morgan fingerprint density at radius 3 is 2.72 bits per heavy atom. The maximum absolute atomic E-state index is 12.2. The number of fused-ring (bicyclic) bond motifs is 5. The predicted molar refractivity (Wildman–Crippen MR) is 100 cm³/mol. The molecule has 0 bridgehead atoms. The average molecular weight is 405 g/mol. The molecule has 4 aliphatic rings. The fourth-order valence-corrected chi connectivity index (χ4v) is 7.42. The van der Waals surface area contributed by atoms with Gasteiger partial charge in [0.05, 0.1) is 10.4 Å². The van der Waals surface area contributed by atoms with Crippen LogP contribution in [0, 0.1) is 22.7 Å². The molecule has 0 unspecified atom stereocenters. The lowest BCUT2D eigenvalue weighted by Gasteiger charge is -2.63. The molecular formula is C21H25BrO3. The number of hydrogen-bond acceptors (Lipinski definition) is 3. The second-order valence-corrected chi connectivity index (χ2v) is 9.99. The summed E-state index contributed by atoms with van der Waals surface area (Å²) in [5, 5.41) is 11.3. The van der Waals surface area contributed by atoms with Crippen LogP contribution < -0.4 is 0 Å². The molecule has 4 aliphatic carbocycles. The first-order valence-corrected chi connectivity index (χ1v) is 9.96. The first-order chi connectivity index (χ1) is 11.6. The fourth-order valence-electron chi connectivity index (χ4n) is 6.33. The molecule has 134 valence electrons. The molecular weight excluding hydrogens is 380 g/mol. The van der Waals surface area contributed by atoms with E-state index in [-0.39, 0.29) is 28.3 Å². The Morgan fingerprint density at radius 1 is 1.32 bits per heavy atom. The van der Waals surface area contributed by atoms with Gasteiger partial charge in [-0.25, -0.2) is 0 Å². The predicted octanol–water partition coefficient (Wildman–Crippen LogP) is 3.91. The van der Waals surface area contributed by atoms with Gasteiger partial charge in [0.2, 0.25) is 0 Å². The third-order valence-corrected chi connectivity index (χ3v) is 9.54. The van der Waals surface area contributed by atoms with E-state index in [1.165, 1.54) is 0 Å². The van der Waals surface area contributed by atoms with Gasteiger partial charge in [0.25, 0.3) is 0 Å². The maximum Gasteiger partial charge on any atom is 0.178 e. The normalized spacial score (nSPS) is 48.2. The molecule has 3 nitrogen and oxygen atoms in total. The zero-order chi connectivity index (χ0) is 18.2. The number of alkyl halides is 1. The average Bonchev–Trinajstić information content (AvgIpc) is 2.87. The quantitative estimate of drug-likeness (QED) is 0.673. The van der Waals surface area contributed by atoms with Gasteiger partial charge in [-0.15, -0.1) is 0 Å². The van der Waals surface area contributed by atoms with Crippen molar-refractivity contribution in [1.82, 2.24) is 0 Å². The lowest BCUT2D eigenvalue weighted by molar-refractivity contribution is -0.117.